The molecule has 3 rings (SSSR count). The van der Waals surface area contributed by atoms with E-state index in [9.17, 15) is 4.79 Å². The summed E-state index contributed by atoms with van der Waals surface area (Å²) in [5.41, 5.74) is 12.9. The number of anilines is 2. The van der Waals surface area contributed by atoms with Crippen molar-refractivity contribution in [3.8, 4) is 0 Å². The maximum atomic E-state index is 12.9. The number of nitrogens with zero attached hydrogens (tertiary/aromatic N) is 4. The molecule has 0 radical (unpaired) electrons. The highest BCUT2D eigenvalue weighted by atomic mass is 32.2. The summed E-state index contributed by atoms with van der Waals surface area (Å²) in [7, 11) is 1.75. The van der Waals surface area contributed by atoms with E-state index in [0.717, 1.165) is 36.5 Å². The second-order valence-electron chi connectivity index (χ2n) is 7.18. The number of rotatable bonds is 4. The van der Waals surface area contributed by atoms with Crippen LogP contribution in [-0.2, 0) is 7.05 Å². The van der Waals surface area contributed by atoms with E-state index in [1.807, 2.05) is 19.1 Å². The molecule has 0 unspecified atom stereocenters. The molecule has 0 aromatic carbocycles. The molecule has 8 heteroatoms. The zero-order valence-electron chi connectivity index (χ0n) is 15.5. The number of hydrogen-bond donors (Lipinski definition) is 2. The van der Waals surface area contributed by atoms with Gasteiger partial charge in [0.15, 0.2) is 0 Å². The van der Waals surface area contributed by atoms with Crippen LogP contribution in [0.15, 0.2) is 32.9 Å². The maximum absolute atomic E-state index is 12.9. The van der Waals surface area contributed by atoms with Crippen LogP contribution in [0.1, 0.15) is 25.5 Å². The van der Waals surface area contributed by atoms with E-state index >= 15 is 0 Å². The van der Waals surface area contributed by atoms with Crippen molar-refractivity contribution < 1.29 is 0 Å². The Morgan fingerprint density at radius 1 is 1.35 bits per heavy atom. The molecular weight excluding hydrogens is 348 g/mol. The van der Waals surface area contributed by atoms with Gasteiger partial charge in [0, 0.05) is 31.2 Å². The predicted octanol–water partition coefficient (Wildman–Crippen LogP) is 1.78. The van der Waals surface area contributed by atoms with Gasteiger partial charge in [0.25, 0.3) is 5.56 Å². The van der Waals surface area contributed by atoms with E-state index in [1.165, 1.54) is 11.8 Å². The van der Waals surface area contributed by atoms with Gasteiger partial charge in [0.05, 0.1) is 5.69 Å². The van der Waals surface area contributed by atoms with Gasteiger partial charge in [-0.15, -0.1) is 0 Å². The Kier molecular flexibility index (Phi) is 5.24. The van der Waals surface area contributed by atoms with Gasteiger partial charge in [-0.05, 0) is 43.9 Å². The Morgan fingerprint density at radius 2 is 2.04 bits per heavy atom. The van der Waals surface area contributed by atoms with Gasteiger partial charge in [0.2, 0.25) is 5.95 Å². The highest BCUT2D eigenvalue weighted by Gasteiger charge is 2.30. The van der Waals surface area contributed by atoms with Crippen molar-refractivity contribution in [2.24, 2.45) is 18.2 Å². The van der Waals surface area contributed by atoms with Gasteiger partial charge in [-0.25, -0.2) is 0 Å². The van der Waals surface area contributed by atoms with Gasteiger partial charge < -0.3 is 16.4 Å². The summed E-state index contributed by atoms with van der Waals surface area (Å²) in [4.78, 5) is 25.2. The van der Waals surface area contributed by atoms with Crippen molar-refractivity contribution in [1.29, 1.82) is 0 Å². The number of aromatic nitrogens is 3. The standard InChI is InChI=1S/C18H26N6OS/c1-12-13(5-4-8-21-12)26-14-15(20)22-17(23(3)16(14)25)24-9-6-18(2,11-19)7-10-24/h4-5,8H,6-7,9-11,19-20H2,1-3H3. The van der Waals surface area contributed by atoms with Gasteiger partial charge in [-0.3, -0.25) is 14.3 Å². The molecule has 0 amide bonds. The molecule has 4 N–H and O–H groups in total. The second-order valence-corrected chi connectivity index (χ2v) is 8.23. The third-order valence-electron chi connectivity index (χ3n) is 5.17. The van der Waals surface area contributed by atoms with Crippen LogP contribution in [0.5, 0.6) is 0 Å². The number of aryl methyl sites for hydroxylation is 1. The van der Waals surface area contributed by atoms with Crippen LogP contribution >= 0.6 is 11.8 Å². The molecule has 1 fully saturated rings. The highest BCUT2D eigenvalue weighted by molar-refractivity contribution is 7.99. The van der Waals surface area contributed by atoms with Gasteiger partial charge >= 0.3 is 0 Å². The van der Waals surface area contributed by atoms with E-state index in [-0.39, 0.29) is 16.8 Å². The first kappa shape index (κ1) is 18.7. The molecule has 0 atom stereocenters. The quantitative estimate of drug-likeness (QED) is 0.841. The minimum absolute atomic E-state index is 0.132. The molecule has 1 saturated heterocycles. The average molecular weight is 375 g/mol. The Labute approximate surface area is 157 Å². The third-order valence-corrected chi connectivity index (χ3v) is 6.41. The first-order valence-corrected chi connectivity index (χ1v) is 9.57. The lowest BCUT2D eigenvalue weighted by Gasteiger charge is -2.39. The lowest BCUT2D eigenvalue weighted by Crippen LogP contribution is -2.44. The molecule has 0 bridgehead atoms. The average Bonchev–Trinajstić information content (AvgIpc) is 2.64. The van der Waals surface area contributed by atoms with Crippen LogP contribution in [0.3, 0.4) is 0 Å². The van der Waals surface area contributed by atoms with Crippen LogP contribution in [0, 0.1) is 12.3 Å². The fourth-order valence-corrected chi connectivity index (χ4v) is 4.04. The number of nitrogens with two attached hydrogens (primary N) is 2. The van der Waals surface area contributed by atoms with Crippen molar-refractivity contribution in [3.63, 3.8) is 0 Å². The van der Waals surface area contributed by atoms with Crippen LogP contribution in [-0.4, -0.2) is 34.2 Å². The first-order valence-electron chi connectivity index (χ1n) is 8.75. The van der Waals surface area contributed by atoms with Gasteiger partial charge in [0.1, 0.15) is 10.7 Å². The van der Waals surface area contributed by atoms with Gasteiger partial charge in [-0.2, -0.15) is 4.98 Å². The van der Waals surface area contributed by atoms with E-state index in [1.54, 1.807) is 17.8 Å². The number of hydrogen-bond acceptors (Lipinski definition) is 7. The second kappa shape index (κ2) is 7.28. The highest BCUT2D eigenvalue weighted by Crippen LogP contribution is 2.33. The van der Waals surface area contributed by atoms with E-state index in [4.69, 9.17) is 11.5 Å². The first-order chi connectivity index (χ1) is 12.3. The molecule has 2 aromatic heterocycles. The molecule has 0 spiro atoms. The SMILES string of the molecule is Cc1ncccc1Sc1c(N)nc(N2CCC(C)(CN)CC2)n(C)c1=O. The van der Waals surface area contributed by atoms with Crippen LogP contribution < -0.4 is 21.9 Å². The summed E-state index contributed by atoms with van der Waals surface area (Å²) < 4.78 is 1.59. The van der Waals surface area contributed by atoms with Crippen LogP contribution in [0.4, 0.5) is 11.8 Å². The zero-order valence-corrected chi connectivity index (χ0v) is 16.3. The minimum atomic E-state index is -0.132. The lowest BCUT2D eigenvalue weighted by molar-refractivity contribution is 0.256. The van der Waals surface area contributed by atoms with Crippen LogP contribution in [0.25, 0.3) is 0 Å². The molecule has 2 aromatic rings. The number of piperidine rings is 1. The summed E-state index contributed by atoms with van der Waals surface area (Å²) in [6.07, 6.45) is 3.68. The molecule has 7 nitrogen and oxygen atoms in total. The van der Waals surface area contributed by atoms with Gasteiger partial charge in [-0.1, -0.05) is 18.7 Å². The molecule has 3 heterocycles. The number of nitrogen functional groups attached to an aromatic ring is 1. The molecule has 140 valence electrons. The Hall–Kier alpha value is -2.06. The molecule has 0 saturated carbocycles. The maximum Gasteiger partial charge on any atom is 0.270 e. The third kappa shape index (κ3) is 3.57. The van der Waals surface area contributed by atoms with Crippen molar-refractivity contribution in [2.45, 2.75) is 36.5 Å². The molecule has 1 aliphatic heterocycles. The topological polar surface area (TPSA) is 103 Å². The van der Waals surface area contributed by atoms with Crippen LogP contribution in [0.2, 0.25) is 0 Å². The fraction of sp³-hybridized carbons (Fsp3) is 0.500. The molecule has 0 aliphatic carbocycles. The van der Waals surface area contributed by atoms with Crippen molar-refractivity contribution >= 4 is 23.5 Å². The Balaban J connectivity index is 1.90. The lowest BCUT2D eigenvalue weighted by atomic mass is 9.81. The Bertz CT molecular complexity index is 857. The van der Waals surface area contributed by atoms with E-state index < -0.39 is 0 Å². The summed E-state index contributed by atoms with van der Waals surface area (Å²) in [6.45, 7) is 6.44. The normalized spacial score (nSPS) is 16.7. The van der Waals surface area contributed by atoms with Crippen molar-refractivity contribution in [1.82, 2.24) is 14.5 Å². The predicted molar refractivity (Wildman–Crippen MR) is 106 cm³/mol. The smallest absolute Gasteiger partial charge is 0.270 e. The Morgan fingerprint density at radius 3 is 2.65 bits per heavy atom. The molecule has 26 heavy (non-hydrogen) atoms. The van der Waals surface area contributed by atoms with E-state index in [2.05, 4.69) is 21.8 Å². The largest absolute Gasteiger partial charge is 0.382 e. The summed E-state index contributed by atoms with van der Waals surface area (Å²) in [6, 6.07) is 3.78. The minimum Gasteiger partial charge on any atom is -0.382 e. The van der Waals surface area contributed by atoms with Crippen molar-refractivity contribution in [3.05, 3.63) is 34.4 Å². The molecular formula is C18H26N6OS. The monoisotopic (exact) mass is 374 g/mol. The van der Waals surface area contributed by atoms with Crippen molar-refractivity contribution in [2.75, 3.05) is 30.3 Å². The zero-order chi connectivity index (χ0) is 18.9. The summed E-state index contributed by atoms with van der Waals surface area (Å²) >= 11 is 1.32. The van der Waals surface area contributed by atoms with E-state index in [0.29, 0.717) is 17.4 Å². The summed E-state index contributed by atoms with van der Waals surface area (Å²) in [5.74, 6) is 0.891. The fourth-order valence-electron chi connectivity index (χ4n) is 3.10. The number of pyridine rings is 1. The summed E-state index contributed by atoms with van der Waals surface area (Å²) in [5, 5.41) is 0. The molecule has 1 aliphatic rings.